The minimum absolute atomic E-state index is 0.130. The summed E-state index contributed by atoms with van der Waals surface area (Å²) in [4.78, 5) is 24.4. The number of amides is 2. The minimum Gasteiger partial charge on any atom is -0.275 e. The highest BCUT2D eigenvalue weighted by Gasteiger charge is 2.26. The predicted molar refractivity (Wildman–Crippen MR) is 66.3 cm³/mol. The summed E-state index contributed by atoms with van der Waals surface area (Å²) in [5.41, 5.74) is 0. The first-order valence-electron chi connectivity index (χ1n) is 6.81. The van der Waals surface area contributed by atoms with Crippen LogP contribution in [-0.2, 0) is 9.59 Å². The smallest absolute Gasteiger partial charge is 0.253 e. The second kappa shape index (κ2) is 5.99. The molecule has 0 aromatic rings. The van der Waals surface area contributed by atoms with E-state index in [1.165, 1.54) is 55.6 Å². The van der Waals surface area contributed by atoms with Crippen molar-refractivity contribution in [1.82, 2.24) is 4.90 Å². The van der Waals surface area contributed by atoms with E-state index in [9.17, 15) is 9.59 Å². The molecule has 0 spiro atoms. The zero-order chi connectivity index (χ0) is 12.1. The Morgan fingerprint density at radius 2 is 1.35 bits per heavy atom. The highest BCUT2D eigenvalue weighted by Crippen LogP contribution is 2.23. The van der Waals surface area contributed by atoms with Crippen molar-refractivity contribution in [3.63, 3.8) is 0 Å². The molecule has 0 atom stereocenters. The van der Waals surface area contributed by atoms with Gasteiger partial charge in [0.2, 0.25) is 0 Å². The van der Waals surface area contributed by atoms with Crippen LogP contribution in [-0.4, -0.2) is 23.3 Å². The van der Waals surface area contributed by atoms with Gasteiger partial charge >= 0.3 is 0 Å². The van der Waals surface area contributed by atoms with E-state index in [0.717, 1.165) is 12.8 Å². The van der Waals surface area contributed by atoms with E-state index in [1.54, 1.807) is 0 Å². The fourth-order valence-corrected chi connectivity index (χ4v) is 2.77. The minimum atomic E-state index is -0.130. The zero-order valence-electron chi connectivity index (χ0n) is 10.4. The number of rotatable bonds is 2. The summed E-state index contributed by atoms with van der Waals surface area (Å²) < 4.78 is 0. The van der Waals surface area contributed by atoms with Crippen molar-refractivity contribution in [2.45, 2.75) is 51.4 Å². The largest absolute Gasteiger partial charge is 0.275 e. The highest BCUT2D eigenvalue weighted by atomic mass is 16.2. The molecule has 3 heteroatoms. The van der Waals surface area contributed by atoms with E-state index in [1.807, 2.05) is 0 Å². The summed E-state index contributed by atoms with van der Waals surface area (Å²) in [5.74, 6) is 0.255. The van der Waals surface area contributed by atoms with Gasteiger partial charge in [0, 0.05) is 18.7 Å². The number of imide groups is 1. The Bertz CT molecular complexity index is 294. The molecule has 3 nitrogen and oxygen atoms in total. The Balaban J connectivity index is 1.87. The summed E-state index contributed by atoms with van der Waals surface area (Å²) in [5, 5.41) is 0. The fraction of sp³-hybridized carbons (Fsp3) is 0.714. The monoisotopic (exact) mass is 235 g/mol. The second-order valence-corrected chi connectivity index (χ2v) is 5.19. The number of carbonyl (C=O) groups is 2. The van der Waals surface area contributed by atoms with Gasteiger partial charge in [0.1, 0.15) is 0 Å². The van der Waals surface area contributed by atoms with Gasteiger partial charge in [-0.1, -0.05) is 38.5 Å². The lowest BCUT2D eigenvalue weighted by atomic mass is 9.96. The number of hydrogen-bond acceptors (Lipinski definition) is 2. The van der Waals surface area contributed by atoms with Crippen molar-refractivity contribution in [1.29, 1.82) is 0 Å². The average Bonchev–Trinajstić information content (AvgIpc) is 2.69. The van der Waals surface area contributed by atoms with Gasteiger partial charge in [0.25, 0.3) is 11.8 Å². The van der Waals surface area contributed by atoms with E-state index in [-0.39, 0.29) is 11.8 Å². The lowest BCUT2D eigenvalue weighted by Crippen LogP contribution is -2.34. The second-order valence-electron chi connectivity index (χ2n) is 5.19. The molecule has 0 aromatic heterocycles. The van der Waals surface area contributed by atoms with E-state index >= 15 is 0 Å². The molecule has 2 amide bonds. The maximum atomic E-state index is 11.5. The molecular formula is C14H21NO2. The molecular weight excluding hydrogens is 214 g/mol. The molecule has 0 aromatic carbocycles. The topological polar surface area (TPSA) is 37.4 Å². The number of nitrogens with zero attached hydrogens (tertiary/aromatic N) is 1. The first-order chi connectivity index (χ1) is 8.27. The standard InChI is InChI=1S/C14H21NO2/c16-13-9-10-14(17)15(13)11-12-7-5-3-1-2-4-6-8-12/h9-10,12H,1-8,11H2. The van der Waals surface area contributed by atoms with Gasteiger partial charge in [-0.25, -0.2) is 0 Å². The summed E-state index contributed by atoms with van der Waals surface area (Å²) in [6.45, 7) is 0.630. The molecule has 0 bridgehead atoms. The van der Waals surface area contributed by atoms with Crippen molar-refractivity contribution >= 4 is 11.8 Å². The summed E-state index contributed by atoms with van der Waals surface area (Å²) >= 11 is 0. The van der Waals surface area contributed by atoms with E-state index in [2.05, 4.69) is 0 Å². The van der Waals surface area contributed by atoms with Crippen molar-refractivity contribution in [3.8, 4) is 0 Å². The van der Waals surface area contributed by atoms with Gasteiger partial charge in [-0.05, 0) is 18.8 Å². The molecule has 0 saturated heterocycles. The third-order valence-electron chi connectivity index (χ3n) is 3.82. The van der Waals surface area contributed by atoms with E-state index in [0.29, 0.717) is 12.5 Å². The third kappa shape index (κ3) is 3.42. The van der Waals surface area contributed by atoms with Crippen molar-refractivity contribution in [3.05, 3.63) is 12.2 Å². The van der Waals surface area contributed by atoms with Gasteiger partial charge in [-0.15, -0.1) is 0 Å². The quantitative estimate of drug-likeness (QED) is 0.690. The first-order valence-corrected chi connectivity index (χ1v) is 6.81. The van der Waals surface area contributed by atoms with Crippen molar-refractivity contribution in [2.24, 2.45) is 5.92 Å². The van der Waals surface area contributed by atoms with Gasteiger partial charge in [0.15, 0.2) is 0 Å². The van der Waals surface area contributed by atoms with Gasteiger partial charge in [-0.2, -0.15) is 0 Å². The SMILES string of the molecule is O=C1C=CC(=O)N1CC1CCCCCCCC1. The van der Waals surface area contributed by atoms with Crippen LogP contribution in [0.15, 0.2) is 12.2 Å². The molecule has 2 aliphatic rings. The Morgan fingerprint density at radius 1 is 0.882 bits per heavy atom. The molecule has 0 radical (unpaired) electrons. The van der Waals surface area contributed by atoms with Crippen LogP contribution >= 0.6 is 0 Å². The summed E-state index contributed by atoms with van der Waals surface area (Å²) in [7, 11) is 0. The molecule has 2 rings (SSSR count). The molecule has 94 valence electrons. The Kier molecular flexibility index (Phi) is 4.35. The Labute approximate surface area is 103 Å². The van der Waals surface area contributed by atoms with Crippen LogP contribution in [0, 0.1) is 5.92 Å². The van der Waals surface area contributed by atoms with E-state index < -0.39 is 0 Å². The van der Waals surface area contributed by atoms with Crippen LogP contribution < -0.4 is 0 Å². The van der Waals surface area contributed by atoms with Crippen LogP contribution in [0.4, 0.5) is 0 Å². The molecule has 1 heterocycles. The van der Waals surface area contributed by atoms with Gasteiger partial charge in [0.05, 0.1) is 0 Å². The zero-order valence-corrected chi connectivity index (χ0v) is 10.4. The first kappa shape index (κ1) is 12.3. The molecule has 1 fully saturated rings. The predicted octanol–water partition coefficient (Wildman–Crippen LogP) is 2.66. The molecule has 1 aliphatic carbocycles. The van der Waals surface area contributed by atoms with Crippen molar-refractivity contribution < 1.29 is 9.59 Å². The van der Waals surface area contributed by atoms with Crippen molar-refractivity contribution in [2.75, 3.05) is 6.54 Å². The Hall–Kier alpha value is -1.12. The fourth-order valence-electron chi connectivity index (χ4n) is 2.77. The maximum absolute atomic E-state index is 11.5. The lowest BCUT2D eigenvalue weighted by molar-refractivity contribution is -0.137. The molecule has 0 N–H and O–H groups in total. The third-order valence-corrected chi connectivity index (χ3v) is 3.82. The van der Waals surface area contributed by atoms with Gasteiger partial charge in [-0.3, -0.25) is 14.5 Å². The normalized spacial score (nSPS) is 23.6. The molecule has 17 heavy (non-hydrogen) atoms. The molecule has 1 aliphatic heterocycles. The van der Waals surface area contributed by atoms with Crippen LogP contribution in [0.3, 0.4) is 0 Å². The maximum Gasteiger partial charge on any atom is 0.253 e. The lowest BCUT2D eigenvalue weighted by Gasteiger charge is -2.22. The van der Waals surface area contributed by atoms with Crippen LogP contribution in [0.5, 0.6) is 0 Å². The van der Waals surface area contributed by atoms with E-state index in [4.69, 9.17) is 0 Å². The highest BCUT2D eigenvalue weighted by molar-refractivity contribution is 6.12. The Morgan fingerprint density at radius 3 is 1.88 bits per heavy atom. The number of hydrogen-bond donors (Lipinski definition) is 0. The molecule has 1 saturated carbocycles. The van der Waals surface area contributed by atoms with Crippen LogP contribution in [0.25, 0.3) is 0 Å². The van der Waals surface area contributed by atoms with Crippen LogP contribution in [0.2, 0.25) is 0 Å². The average molecular weight is 235 g/mol. The van der Waals surface area contributed by atoms with Crippen LogP contribution in [0.1, 0.15) is 51.4 Å². The molecule has 0 unspecified atom stereocenters. The van der Waals surface area contributed by atoms with Gasteiger partial charge < -0.3 is 0 Å². The summed E-state index contributed by atoms with van der Waals surface area (Å²) in [6.07, 6.45) is 12.9. The number of carbonyl (C=O) groups excluding carboxylic acids is 2. The summed E-state index contributed by atoms with van der Waals surface area (Å²) in [6, 6.07) is 0.